The Morgan fingerprint density at radius 3 is 2.70 bits per heavy atom. The average Bonchev–Trinajstić information content (AvgIpc) is 3.27. The molecule has 4 heterocycles. The molecule has 0 radical (unpaired) electrons. The van der Waals surface area contributed by atoms with E-state index in [1.54, 1.807) is 0 Å². The highest BCUT2D eigenvalue weighted by molar-refractivity contribution is 5.76. The van der Waals surface area contributed by atoms with E-state index in [1.165, 1.54) is 18.0 Å². The zero-order valence-corrected chi connectivity index (χ0v) is 20.6. The van der Waals surface area contributed by atoms with Gasteiger partial charge in [-0.05, 0) is 36.1 Å². The molecule has 0 bridgehead atoms. The largest absolute Gasteiger partial charge is 0.430 e. The Bertz CT molecular complexity index is 1580. The molecule has 194 valence electrons. The lowest BCUT2D eigenvalue weighted by atomic mass is 9.79. The smallest absolute Gasteiger partial charge is 0.408 e. The third-order valence-electron chi connectivity index (χ3n) is 7.27. The summed E-state index contributed by atoms with van der Waals surface area (Å²) < 4.78 is 47.4. The van der Waals surface area contributed by atoms with Gasteiger partial charge in [-0.15, -0.1) is 0 Å². The number of anilines is 2. The Morgan fingerprint density at radius 2 is 1.97 bits per heavy atom. The average molecular weight is 514 g/mol. The number of oxazole rings is 1. The topological polar surface area (TPSA) is 103 Å². The normalized spacial score (nSPS) is 18.1. The molecule has 12 heteroatoms. The first kappa shape index (κ1) is 23.7. The molecular weight excluding hydrogens is 487 g/mol. The summed E-state index contributed by atoms with van der Waals surface area (Å²) in [6.45, 7) is 6.42. The standard InChI is InChI=1S/C25H26F3N7O2/c1-23(2)12-29-9-14-8-15(4-5-17(14)23)31-21-30-10-16-19(33-21)35(34(20(16)36)13-25(26,27)28)22-32-18(11-37-22)24(3)6-7-24/h4-5,8,10-11,29H,6-7,9,12-13H2,1-3H3,(H,30,31,33). The van der Waals surface area contributed by atoms with E-state index in [1.807, 2.05) is 19.1 Å². The molecule has 3 aromatic heterocycles. The molecule has 1 aliphatic heterocycles. The summed E-state index contributed by atoms with van der Waals surface area (Å²) in [4.78, 5) is 26.0. The minimum atomic E-state index is -4.65. The van der Waals surface area contributed by atoms with Crippen LogP contribution in [0.25, 0.3) is 17.0 Å². The van der Waals surface area contributed by atoms with Gasteiger partial charge in [-0.2, -0.15) is 27.8 Å². The number of halogens is 3. The fourth-order valence-electron chi connectivity index (χ4n) is 4.89. The highest BCUT2D eigenvalue weighted by atomic mass is 19.4. The summed E-state index contributed by atoms with van der Waals surface area (Å²) in [5, 5.41) is 6.46. The molecule has 0 spiro atoms. The molecule has 2 aliphatic rings. The number of nitrogens with one attached hydrogen (secondary N) is 2. The van der Waals surface area contributed by atoms with E-state index in [-0.39, 0.29) is 33.8 Å². The van der Waals surface area contributed by atoms with Crippen LogP contribution in [0.3, 0.4) is 0 Å². The Labute approximate surface area is 209 Å². The van der Waals surface area contributed by atoms with Crippen LogP contribution < -0.4 is 16.2 Å². The zero-order chi connectivity index (χ0) is 26.2. The quantitative estimate of drug-likeness (QED) is 0.410. The van der Waals surface area contributed by atoms with Crippen molar-refractivity contribution in [3.63, 3.8) is 0 Å². The number of alkyl halides is 3. The first-order valence-electron chi connectivity index (χ1n) is 12.1. The summed E-state index contributed by atoms with van der Waals surface area (Å²) in [6, 6.07) is 5.82. The summed E-state index contributed by atoms with van der Waals surface area (Å²) in [7, 11) is 0. The number of aromatic nitrogens is 5. The zero-order valence-electron chi connectivity index (χ0n) is 20.6. The Morgan fingerprint density at radius 1 is 1.19 bits per heavy atom. The molecule has 37 heavy (non-hydrogen) atoms. The molecule has 0 atom stereocenters. The Kier molecular flexibility index (Phi) is 5.07. The molecular formula is C25H26F3N7O2. The summed E-state index contributed by atoms with van der Waals surface area (Å²) in [5.74, 6) is 0.134. The highest BCUT2D eigenvalue weighted by Crippen LogP contribution is 2.47. The molecule has 1 aromatic carbocycles. The van der Waals surface area contributed by atoms with E-state index in [0.717, 1.165) is 41.9 Å². The van der Waals surface area contributed by atoms with Gasteiger partial charge in [0, 0.05) is 35.8 Å². The van der Waals surface area contributed by atoms with Crippen molar-refractivity contribution in [3.8, 4) is 6.01 Å². The molecule has 0 amide bonds. The Balaban J connectivity index is 1.43. The first-order valence-corrected chi connectivity index (χ1v) is 12.1. The molecule has 0 unspecified atom stereocenters. The van der Waals surface area contributed by atoms with Crippen molar-refractivity contribution >= 4 is 22.7 Å². The third kappa shape index (κ3) is 4.18. The van der Waals surface area contributed by atoms with Crippen molar-refractivity contribution in [1.82, 2.24) is 29.6 Å². The third-order valence-corrected chi connectivity index (χ3v) is 7.27. The molecule has 9 nitrogen and oxygen atoms in total. The van der Waals surface area contributed by atoms with Crippen LogP contribution in [-0.4, -0.2) is 37.0 Å². The van der Waals surface area contributed by atoms with E-state index in [4.69, 9.17) is 4.42 Å². The maximum absolute atomic E-state index is 13.4. The van der Waals surface area contributed by atoms with Crippen LogP contribution in [0.5, 0.6) is 0 Å². The van der Waals surface area contributed by atoms with Crippen molar-refractivity contribution in [2.75, 3.05) is 11.9 Å². The predicted molar refractivity (Wildman–Crippen MR) is 130 cm³/mol. The fourth-order valence-corrected chi connectivity index (χ4v) is 4.89. The van der Waals surface area contributed by atoms with Crippen LogP contribution >= 0.6 is 0 Å². The van der Waals surface area contributed by atoms with Gasteiger partial charge < -0.3 is 15.1 Å². The SMILES string of the molecule is CC1(C)CNCc2cc(Nc3ncc4c(=O)n(CC(F)(F)F)n(-c5nc(C6(C)CC6)co5)c4n3)ccc21. The molecule has 6 rings (SSSR count). The van der Waals surface area contributed by atoms with Crippen molar-refractivity contribution in [2.24, 2.45) is 0 Å². The highest BCUT2D eigenvalue weighted by Gasteiger charge is 2.42. The van der Waals surface area contributed by atoms with E-state index in [9.17, 15) is 18.0 Å². The van der Waals surface area contributed by atoms with E-state index in [2.05, 4.69) is 45.5 Å². The van der Waals surface area contributed by atoms with E-state index >= 15 is 0 Å². The molecule has 4 aromatic rings. The van der Waals surface area contributed by atoms with Crippen LogP contribution in [0.1, 0.15) is 50.4 Å². The minimum Gasteiger partial charge on any atom is -0.430 e. The van der Waals surface area contributed by atoms with Crippen LogP contribution in [0.4, 0.5) is 24.8 Å². The predicted octanol–water partition coefficient (Wildman–Crippen LogP) is 4.31. The number of rotatable bonds is 5. The van der Waals surface area contributed by atoms with Gasteiger partial charge >= 0.3 is 12.2 Å². The maximum Gasteiger partial charge on any atom is 0.408 e. The van der Waals surface area contributed by atoms with Crippen molar-refractivity contribution < 1.29 is 17.6 Å². The van der Waals surface area contributed by atoms with Gasteiger partial charge in [0.2, 0.25) is 5.95 Å². The fraction of sp³-hybridized carbons (Fsp3) is 0.440. The molecule has 1 fully saturated rings. The van der Waals surface area contributed by atoms with Crippen LogP contribution in [0.2, 0.25) is 0 Å². The summed E-state index contributed by atoms with van der Waals surface area (Å²) >= 11 is 0. The number of nitrogens with zero attached hydrogens (tertiary/aromatic N) is 5. The van der Waals surface area contributed by atoms with E-state index in [0.29, 0.717) is 10.4 Å². The van der Waals surface area contributed by atoms with Gasteiger partial charge in [-0.1, -0.05) is 26.8 Å². The number of benzene rings is 1. The number of fused-ring (bicyclic) bond motifs is 2. The van der Waals surface area contributed by atoms with Crippen molar-refractivity contribution in [2.45, 2.75) is 63.7 Å². The molecule has 1 aliphatic carbocycles. The Hall–Kier alpha value is -3.67. The monoisotopic (exact) mass is 513 g/mol. The van der Waals surface area contributed by atoms with Gasteiger partial charge in [0.05, 0.1) is 5.69 Å². The molecule has 0 saturated heterocycles. The van der Waals surface area contributed by atoms with Gasteiger partial charge in [-0.25, -0.2) is 9.67 Å². The molecule has 1 saturated carbocycles. The van der Waals surface area contributed by atoms with Crippen molar-refractivity contribution in [1.29, 1.82) is 0 Å². The lowest BCUT2D eigenvalue weighted by Gasteiger charge is -2.33. The second kappa shape index (κ2) is 7.91. The number of hydrogen-bond acceptors (Lipinski definition) is 7. The number of hydrogen-bond donors (Lipinski definition) is 2. The lowest BCUT2D eigenvalue weighted by Crippen LogP contribution is -2.38. The lowest BCUT2D eigenvalue weighted by molar-refractivity contribution is -0.144. The summed E-state index contributed by atoms with van der Waals surface area (Å²) in [5.41, 5.74) is 2.66. The second-order valence-electron chi connectivity index (χ2n) is 10.8. The maximum atomic E-state index is 13.4. The summed E-state index contributed by atoms with van der Waals surface area (Å²) in [6.07, 6.45) is -0.173. The van der Waals surface area contributed by atoms with Crippen molar-refractivity contribution in [3.05, 3.63) is 57.8 Å². The van der Waals surface area contributed by atoms with Gasteiger partial charge in [0.15, 0.2) is 5.65 Å². The van der Waals surface area contributed by atoms with Crippen LogP contribution in [0.15, 0.2) is 39.9 Å². The first-order chi connectivity index (χ1) is 17.4. The second-order valence-corrected chi connectivity index (χ2v) is 10.8. The van der Waals surface area contributed by atoms with Crippen LogP contribution in [-0.2, 0) is 23.9 Å². The minimum absolute atomic E-state index is 0.00852. The van der Waals surface area contributed by atoms with E-state index < -0.39 is 18.3 Å². The van der Waals surface area contributed by atoms with Gasteiger partial charge in [0.25, 0.3) is 5.56 Å². The van der Waals surface area contributed by atoms with Crippen LogP contribution in [0, 0.1) is 0 Å². The van der Waals surface area contributed by atoms with Gasteiger partial charge in [0.1, 0.15) is 18.2 Å². The van der Waals surface area contributed by atoms with Gasteiger partial charge in [-0.3, -0.25) is 4.79 Å². The molecule has 2 N–H and O–H groups in total.